The molecule has 0 amide bonds. The van der Waals surface area contributed by atoms with Gasteiger partial charge in [0.15, 0.2) is 0 Å². The van der Waals surface area contributed by atoms with Crippen LogP contribution in [0, 0.1) is 0 Å². The van der Waals surface area contributed by atoms with Gasteiger partial charge in [-0.2, -0.15) is 0 Å². The number of imidazole rings is 1. The summed E-state index contributed by atoms with van der Waals surface area (Å²) >= 11 is 1.90. The molecule has 0 radical (unpaired) electrons. The van der Waals surface area contributed by atoms with Gasteiger partial charge in [-0.25, -0.2) is 4.98 Å². The maximum absolute atomic E-state index is 5.06. The van der Waals surface area contributed by atoms with Crippen molar-refractivity contribution in [2.75, 3.05) is 0 Å². The van der Waals surface area contributed by atoms with Gasteiger partial charge < -0.3 is 9.13 Å². The molecule has 12 rings (SSSR count). The number of nitrogens with zero attached hydrogens (tertiary/aromatic N) is 4. The fraction of sp³-hybridized carbons (Fsp3) is 0. The van der Waals surface area contributed by atoms with Crippen molar-refractivity contribution in [2.45, 2.75) is 0 Å². The molecule has 0 saturated heterocycles. The highest BCUT2D eigenvalue weighted by Crippen LogP contribution is 2.44. The predicted octanol–water partition coefficient (Wildman–Crippen LogP) is 13.3. The molecule has 8 aromatic carbocycles. The molecule has 4 aromatic heterocycles. The summed E-state index contributed by atoms with van der Waals surface area (Å²) in [6.07, 6.45) is 0. The normalized spacial score (nSPS) is 12.1. The van der Waals surface area contributed by atoms with Gasteiger partial charge in [0.1, 0.15) is 5.82 Å². The lowest BCUT2D eigenvalue weighted by Crippen LogP contribution is -1.99. The number of thiophene rings is 1. The zero-order valence-corrected chi connectivity index (χ0v) is 29.8. The first-order valence-electron chi connectivity index (χ1n) is 18.3. The first kappa shape index (κ1) is 29.6. The van der Waals surface area contributed by atoms with Crippen molar-refractivity contribution < 1.29 is 0 Å². The molecule has 0 aliphatic heterocycles. The van der Waals surface area contributed by atoms with Gasteiger partial charge in [0, 0.05) is 64.3 Å². The highest BCUT2D eigenvalue weighted by molar-refractivity contribution is 7.26. The Bertz CT molecular complexity index is 3380. The van der Waals surface area contributed by atoms with Crippen LogP contribution in [0.15, 0.2) is 182 Å². The summed E-state index contributed by atoms with van der Waals surface area (Å²) in [6, 6.07) is 65.7. The zero-order valence-electron chi connectivity index (χ0n) is 29.0. The Balaban J connectivity index is 1.04. The molecule has 4 heterocycles. The fourth-order valence-electron chi connectivity index (χ4n) is 8.71. The van der Waals surface area contributed by atoms with Crippen molar-refractivity contribution in [3.05, 3.63) is 182 Å². The fourth-order valence-corrected chi connectivity index (χ4v) is 9.95. The summed E-state index contributed by atoms with van der Waals surface area (Å²) in [5.74, 6) is 0.940. The van der Waals surface area contributed by atoms with Crippen LogP contribution in [0.3, 0.4) is 0 Å². The maximum atomic E-state index is 5.06. The third-order valence-electron chi connectivity index (χ3n) is 11.1. The molecule has 0 fully saturated rings. The lowest BCUT2D eigenvalue weighted by molar-refractivity contribution is 1.09. The molecule has 0 bridgehead atoms. The van der Waals surface area contributed by atoms with Crippen LogP contribution >= 0.6 is 11.3 Å². The smallest absolute Gasteiger partial charge is 0.145 e. The molecule has 0 aliphatic rings. The van der Waals surface area contributed by atoms with E-state index in [1.54, 1.807) is 0 Å². The third kappa shape index (κ3) is 4.15. The van der Waals surface area contributed by atoms with Crippen LogP contribution in [-0.4, -0.2) is 18.7 Å². The minimum absolute atomic E-state index is 0.940. The summed E-state index contributed by atoms with van der Waals surface area (Å²) in [7, 11) is 0. The Morgan fingerprint density at radius 3 is 1.65 bits per heavy atom. The van der Waals surface area contributed by atoms with E-state index in [9.17, 15) is 0 Å². The Morgan fingerprint density at radius 1 is 0.370 bits per heavy atom. The average molecular weight is 707 g/mol. The van der Waals surface area contributed by atoms with Crippen LogP contribution < -0.4 is 0 Å². The van der Waals surface area contributed by atoms with Gasteiger partial charge in [-0.1, -0.05) is 103 Å². The van der Waals surface area contributed by atoms with Crippen molar-refractivity contribution >= 4 is 86.2 Å². The summed E-state index contributed by atoms with van der Waals surface area (Å²) < 4.78 is 9.73. The molecule has 0 aliphatic carbocycles. The largest absolute Gasteiger partial charge is 0.309 e. The number of hydrogen-bond donors (Lipinski definition) is 0. The molecule has 4 nitrogen and oxygen atoms in total. The Labute approximate surface area is 314 Å². The van der Waals surface area contributed by atoms with Crippen molar-refractivity contribution in [1.82, 2.24) is 18.7 Å². The van der Waals surface area contributed by atoms with E-state index in [-0.39, 0.29) is 0 Å². The first-order valence-corrected chi connectivity index (χ1v) is 19.1. The van der Waals surface area contributed by atoms with E-state index in [1.807, 2.05) is 17.4 Å². The summed E-state index contributed by atoms with van der Waals surface area (Å²) in [6.45, 7) is 0. The lowest BCUT2D eigenvalue weighted by Gasteiger charge is -2.12. The molecule has 5 heteroatoms. The molecule has 12 aromatic rings. The zero-order chi connectivity index (χ0) is 35.3. The number of para-hydroxylation sites is 5. The lowest BCUT2D eigenvalue weighted by atomic mass is 10.1. The Morgan fingerprint density at radius 2 is 0.926 bits per heavy atom. The number of aromatic nitrogens is 4. The minimum Gasteiger partial charge on any atom is -0.309 e. The van der Waals surface area contributed by atoms with Crippen LogP contribution in [0.25, 0.3) is 103 Å². The highest BCUT2D eigenvalue weighted by Gasteiger charge is 2.20. The molecular formula is C49H30N4S. The van der Waals surface area contributed by atoms with Crippen molar-refractivity contribution in [2.24, 2.45) is 0 Å². The number of hydrogen-bond acceptors (Lipinski definition) is 2. The molecule has 0 unspecified atom stereocenters. The van der Waals surface area contributed by atoms with Crippen LogP contribution in [0.4, 0.5) is 0 Å². The Kier molecular flexibility index (Phi) is 6.18. The number of fused-ring (bicyclic) bond motifs is 11. The number of rotatable bonds is 4. The van der Waals surface area contributed by atoms with E-state index < -0.39 is 0 Å². The second kappa shape index (κ2) is 11.3. The predicted molar refractivity (Wildman–Crippen MR) is 228 cm³/mol. The molecule has 252 valence electrons. The molecule has 0 spiro atoms. The third-order valence-corrected chi connectivity index (χ3v) is 12.3. The second-order valence-corrected chi connectivity index (χ2v) is 15.0. The van der Waals surface area contributed by atoms with Gasteiger partial charge in [-0.05, 0) is 78.9 Å². The molecule has 54 heavy (non-hydrogen) atoms. The van der Waals surface area contributed by atoms with Gasteiger partial charge in [0.2, 0.25) is 0 Å². The quantitative estimate of drug-likeness (QED) is 0.179. The number of benzene rings is 8. The summed E-state index contributed by atoms with van der Waals surface area (Å²) in [5, 5.41) is 7.71. The van der Waals surface area contributed by atoms with E-state index in [0.29, 0.717) is 0 Å². The van der Waals surface area contributed by atoms with Gasteiger partial charge in [-0.15, -0.1) is 11.3 Å². The van der Waals surface area contributed by atoms with Gasteiger partial charge in [-0.3, -0.25) is 4.57 Å². The first-order chi connectivity index (χ1) is 26.8. The SMILES string of the molecule is c1ccc(-c2nc3ccccc3n2-c2ccc(-n3c4ccccc4c4c5sc6ccc(-n7c8ccccc8c8ccccc87)cc6c5ccc43)cc2)cc1. The van der Waals surface area contributed by atoms with Crippen molar-refractivity contribution in [3.63, 3.8) is 0 Å². The molecular weight excluding hydrogens is 677 g/mol. The van der Waals surface area contributed by atoms with Crippen LogP contribution in [-0.2, 0) is 0 Å². The Hall–Kier alpha value is -6.95. The maximum Gasteiger partial charge on any atom is 0.145 e. The summed E-state index contributed by atoms with van der Waals surface area (Å²) in [5.41, 5.74) is 11.4. The van der Waals surface area contributed by atoms with Gasteiger partial charge in [0.05, 0.1) is 33.1 Å². The van der Waals surface area contributed by atoms with Crippen LogP contribution in [0.1, 0.15) is 0 Å². The van der Waals surface area contributed by atoms with E-state index in [4.69, 9.17) is 4.98 Å². The van der Waals surface area contributed by atoms with E-state index >= 15 is 0 Å². The van der Waals surface area contributed by atoms with Crippen molar-refractivity contribution in [3.8, 4) is 28.5 Å². The topological polar surface area (TPSA) is 27.7 Å². The average Bonchev–Trinajstić information content (AvgIpc) is 3.99. The van der Waals surface area contributed by atoms with Gasteiger partial charge >= 0.3 is 0 Å². The minimum atomic E-state index is 0.940. The van der Waals surface area contributed by atoms with Crippen LogP contribution in [0.2, 0.25) is 0 Å². The van der Waals surface area contributed by atoms with Crippen molar-refractivity contribution in [1.29, 1.82) is 0 Å². The monoisotopic (exact) mass is 706 g/mol. The van der Waals surface area contributed by atoms with E-state index in [2.05, 4.69) is 190 Å². The van der Waals surface area contributed by atoms with Crippen LogP contribution in [0.5, 0.6) is 0 Å². The van der Waals surface area contributed by atoms with E-state index in [0.717, 1.165) is 33.8 Å². The highest BCUT2D eigenvalue weighted by atomic mass is 32.1. The molecule has 0 saturated carbocycles. The molecule has 0 N–H and O–H groups in total. The standard InChI is InChI=1S/C49H30N4S/c1-2-12-31(13-3-1)49-50-40-17-7-11-21-44(40)53(49)33-24-22-32(23-25-33)51-43-20-10-6-16-38(43)47-45(51)28-27-37-39-30-34(26-29-46(39)54-48(37)47)52-41-18-8-4-14-35(41)36-15-5-9-19-42(36)52/h1-30H. The van der Waals surface area contributed by atoms with Gasteiger partial charge in [0.25, 0.3) is 0 Å². The molecule has 0 atom stereocenters. The summed E-state index contributed by atoms with van der Waals surface area (Å²) in [4.78, 5) is 5.06. The second-order valence-electron chi connectivity index (χ2n) is 14.0. The van der Waals surface area contributed by atoms with E-state index in [1.165, 1.54) is 69.5 Å².